The van der Waals surface area contributed by atoms with Crippen molar-refractivity contribution in [2.45, 2.75) is 44.8 Å². The first-order chi connectivity index (χ1) is 7.53. The lowest BCUT2D eigenvalue weighted by atomic mass is 9.78. The molecule has 0 aromatic heterocycles. The summed E-state index contributed by atoms with van der Waals surface area (Å²) in [6, 6.07) is -1.60. The summed E-state index contributed by atoms with van der Waals surface area (Å²) in [5.41, 5.74) is -0.579. The highest BCUT2D eigenvalue weighted by molar-refractivity contribution is 6.22. The Labute approximate surface area is 104 Å². The fourth-order valence-electron chi connectivity index (χ4n) is 1.93. The van der Waals surface area contributed by atoms with Gasteiger partial charge in [0.25, 0.3) is 0 Å². The zero-order valence-electron chi connectivity index (χ0n) is 10.1. The molecule has 1 saturated heterocycles. The molecule has 1 rings (SSSR count). The quantitative estimate of drug-likeness (QED) is 0.743. The molecule has 1 N–H and O–H groups in total. The third-order valence-electron chi connectivity index (χ3n) is 2.95. The van der Waals surface area contributed by atoms with Crippen LogP contribution in [0.1, 0.15) is 27.2 Å². The Morgan fingerprint density at radius 2 is 1.82 bits per heavy atom. The van der Waals surface area contributed by atoms with Gasteiger partial charge in [0.2, 0.25) is 0 Å². The van der Waals surface area contributed by atoms with Crippen LogP contribution < -0.4 is 5.32 Å². The number of carbonyl (C=O) groups is 1. The topological polar surface area (TPSA) is 29.1 Å². The van der Waals surface area contributed by atoms with Crippen LogP contribution in [0.3, 0.4) is 0 Å². The minimum absolute atomic E-state index is 0.00551. The van der Waals surface area contributed by atoms with Gasteiger partial charge in [-0.25, -0.2) is 0 Å². The molecule has 1 aliphatic heterocycles. The molecule has 0 amide bonds. The van der Waals surface area contributed by atoms with Crippen LogP contribution in [0.5, 0.6) is 0 Å². The molecule has 3 unspecified atom stereocenters. The number of nitrogens with one attached hydrogen (secondary N) is 1. The third kappa shape index (κ3) is 3.58. The number of halogens is 4. The van der Waals surface area contributed by atoms with Crippen molar-refractivity contribution in [1.82, 2.24) is 5.32 Å². The minimum atomic E-state index is -4.30. The molecule has 0 saturated carbocycles. The Bertz CT molecular complexity index is 298. The first kappa shape index (κ1) is 14.8. The van der Waals surface area contributed by atoms with E-state index in [-0.39, 0.29) is 18.7 Å². The highest BCUT2D eigenvalue weighted by Crippen LogP contribution is 2.33. The maximum atomic E-state index is 12.5. The molecule has 6 heteroatoms. The molecule has 3 atom stereocenters. The molecule has 1 fully saturated rings. The summed E-state index contributed by atoms with van der Waals surface area (Å²) in [5, 5.41) is 1.61. The maximum absolute atomic E-state index is 12.5. The Balaban J connectivity index is 2.70. The highest BCUT2D eigenvalue weighted by Gasteiger charge is 2.47. The van der Waals surface area contributed by atoms with Gasteiger partial charge in [-0.15, -0.1) is 11.6 Å². The van der Waals surface area contributed by atoms with Crippen molar-refractivity contribution in [3.8, 4) is 0 Å². The number of ketones is 1. The second-order valence-corrected chi connectivity index (χ2v) is 6.04. The number of hydrogen-bond donors (Lipinski definition) is 1. The number of alkyl halides is 4. The SMILES string of the molecule is CC(C)(C)C(=O)C1CNC(C(F)(F)F)CC1Cl. The van der Waals surface area contributed by atoms with Crippen LogP contribution in [0.2, 0.25) is 0 Å². The summed E-state index contributed by atoms with van der Waals surface area (Å²) in [4.78, 5) is 12.0. The standard InChI is InChI=1S/C11H17ClF3NO/c1-10(2,3)9(17)6-5-16-8(4-7(6)12)11(13,14)15/h6-8,16H,4-5H2,1-3H3. The number of rotatable bonds is 1. The molecule has 2 nitrogen and oxygen atoms in total. The summed E-state index contributed by atoms with van der Waals surface area (Å²) in [7, 11) is 0. The fraction of sp³-hybridized carbons (Fsp3) is 0.909. The van der Waals surface area contributed by atoms with Crippen molar-refractivity contribution in [3.05, 3.63) is 0 Å². The summed E-state index contributed by atoms with van der Waals surface area (Å²) >= 11 is 5.92. The van der Waals surface area contributed by atoms with Gasteiger partial charge in [0.05, 0.1) is 0 Å². The molecule has 1 aliphatic rings. The van der Waals surface area contributed by atoms with Crippen molar-refractivity contribution in [2.24, 2.45) is 11.3 Å². The van der Waals surface area contributed by atoms with Gasteiger partial charge >= 0.3 is 6.18 Å². The molecule has 0 aliphatic carbocycles. The minimum Gasteiger partial charge on any atom is -0.305 e. The number of Topliss-reactive ketones (excluding diaryl/α,β-unsaturated/α-hetero) is 1. The van der Waals surface area contributed by atoms with Crippen molar-refractivity contribution < 1.29 is 18.0 Å². The van der Waals surface area contributed by atoms with Gasteiger partial charge in [-0.3, -0.25) is 4.79 Å². The molecule has 0 spiro atoms. The van der Waals surface area contributed by atoms with Crippen molar-refractivity contribution >= 4 is 17.4 Å². The van der Waals surface area contributed by atoms with Gasteiger partial charge in [-0.1, -0.05) is 20.8 Å². The first-order valence-corrected chi connectivity index (χ1v) is 5.95. The zero-order valence-corrected chi connectivity index (χ0v) is 10.8. The van der Waals surface area contributed by atoms with E-state index in [4.69, 9.17) is 11.6 Å². The van der Waals surface area contributed by atoms with E-state index in [9.17, 15) is 18.0 Å². The molecule has 1 heterocycles. The molecule has 0 bridgehead atoms. The van der Waals surface area contributed by atoms with Gasteiger partial charge in [0, 0.05) is 23.3 Å². The molecule has 100 valence electrons. The monoisotopic (exact) mass is 271 g/mol. The largest absolute Gasteiger partial charge is 0.403 e. The van der Waals surface area contributed by atoms with E-state index in [0.29, 0.717) is 0 Å². The van der Waals surface area contributed by atoms with E-state index < -0.39 is 28.9 Å². The van der Waals surface area contributed by atoms with E-state index in [1.54, 1.807) is 20.8 Å². The molecule has 17 heavy (non-hydrogen) atoms. The molecule has 0 radical (unpaired) electrons. The Morgan fingerprint density at radius 3 is 2.18 bits per heavy atom. The average molecular weight is 272 g/mol. The lowest BCUT2D eigenvalue weighted by molar-refractivity contribution is -0.163. The number of hydrogen-bond acceptors (Lipinski definition) is 2. The summed E-state index contributed by atoms with van der Waals surface area (Å²) in [6.45, 7) is 5.23. The van der Waals surface area contributed by atoms with Gasteiger partial charge in [-0.05, 0) is 6.42 Å². The molecule has 0 aromatic rings. The van der Waals surface area contributed by atoms with Gasteiger partial charge in [0.1, 0.15) is 11.8 Å². The summed E-state index contributed by atoms with van der Waals surface area (Å²) in [5.74, 6) is -0.638. The van der Waals surface area contributed by atoms with Crippen molar-refractivity contribution in [2.75, 3.05) is 6.54 Å². The van der Waals surface area contributed by atoms with Crippen LogP contribution in [0.25, 0.3) is 0 Å². The second kappa shape index (κ2) is 4.76. The first-order valence-electron chi connectivity index (χ1n) is 5.52. The van der Waals surface area contributed by atoms with Crippen molar-refractivity contribution in [3.63, 3.8) is 0 Å². The van der Waals surface area contributed by atoms with E-state index in [2.05, 4.69) is 5.32 Å². The molecular weight excluding hydrogens is 255 g/mol. The van der Waals surface area contributed by atoms with E-state index in [1.165, 1.54) is 0 Å². The molecule has 0 aromatic carbocycles. The van der Waals surface area contributed by atoms with E-state index in [1.807, 2.05) is 0 Å². The number of piperidine rings is 1. The van der Waals surface area contributed by atoms with Crippen LogP contribution in [-0.2, 0) is 4.79 Å². The maximum Gasteiger partial charge on any atom is 0.403 e. The second-order valence-electron chi connectivity index (χ2n) is 5.47. The predicted octanol–water partition coefficient (Wildman–Crippen LogP) is 2.75. The Morgan fingerprint density at radius 1 is 1.29 bits per heavy atom. The van der Waals surface area contributed by atoms with Gasteiger partial charge in [0.15, 0.2) is 0 Å². The van der Waals surface area contributed by atoms with Crippen LogP contribution in [0.15, 0.2) is 0 Å². The van der Waals surface area contributed by atoms with E-state index >= 15 is 0 Å². The summed E-state index contributed by atoms with van der Waals surface area (Å²) in [6.07, 6.45) is -4.56. The summed E-state index contributed by atoms with van der Waals surface area (Å²) < 4.78 is 37.4. The Hall–Kier alpha value is -0.290. The molecular formula is C11H17ClF3NO. The Kier molecular flexibility index (Phi) is 4.14. The zero-order chi connectivity index (χ0) is 13.4. The smallest absolute Gasteiger partial charge is 0.305 e. The predicted molar refractivity (Wildman–Crippen MR) is 60.1 cm³/mol. The van der Waals surface area contributed by atoms with Crippen LogP contribution in [0, 0.1) is 11.3 Å². The van der Waals surface area contributed by atoms with Crippen LogP contribution >= 0.6 is 11.6 Å². The average Bonchev–Trinajstić information content (AvgIpc) is 2.13. The third-order valence-corrected chi connectivity index (χ3v) is 3.44. The number of carbonyl (C=O) groups excluding carboxylic acids is 1. The highest BCUT2D eigenvalue weighted by atomic mass is 35.5. The van der Waals surface area contributed by atoms with Gasteiger partial charge < -0.3 is 5.32 Å². The normalized spacial score (nSPS) is 31.4. The lowest BCUT2D eigenvalue weighted by Crippen LogP contribution is -2.54. The fourth-order valence-corrected chi connectivity index (χ4v) is 2.31. The van der Waals surface area contributed by atoms with Crippen molar-refractivity contribution in [1.29, 1.82) is 0 Å². The van der Waals surface area contributed by atoms with E-state index in [0.717, 1.165) is 0 Å². The lowest BCUT2D eigenvalue weighted by Gasteiger charge is -2.36. The van der Waals surface area contributed by atoms with Crippen LogP contribution in [0.4, 0.5) is 13.2 Å². The van der Waals surface area contributed by atoms with Gasteiger partial charge in [-0.2, -0.15) is 13.2 Å². The van der Waals surface area contributed by atoms with Crippen LogP contribution in [-0.4, -0.2) is 29.9 Å².